The summed E-state index contributed by atoms with van der Waals surface area (Å²) in [6.07, 6.45) is 6.72. The van der Waals surface area contributed by atoms with E-state index in [4.69, 9.17) is 5.14 Å². The first-order valence-corrected chi connectivity index (χ1v) is 6.89. The van der Waals surface area contributed by atoms with Gasteiger partial charge < -0.3 is 0 Å². The summed E-state index contributed by atoms with van der Waals surface area (Å²) in [5, 5.41) is 5.22. The van der Waals surface area contributed by atoms with E-state index in [9.17, 15) is 8.42 Å². The molecule has 2 atom stereocenters. The molecule has 2 N–H and O–H groups in total. The zero-order valence-corrected chi connectivity index (χ0v) is 9.17. The van der Waals surface area contributed by atoms with Gasteiger partial charge in [-0.25, -0.2) is 5.14 Å². The van der Waals surface area contributed by atoms with Gasteiger partial charge in [-0.1, -0.05) is 12.8 Å². The number of rotatable bonds is 1. The van der Waals surface area contributed by atoms with Crippen LogP contribution >= 0.6 is 0 Å². The van der Waals surface area contributed by atoms with E-state index in [2.05, 4.69) is 0 Å². The van der Waals surface area contributed by atoms with Crippen LogP contribution in [0.25, 0.3) is 0 Å². The lowest BCUT2D eigenvalue weighted by Gasteiger charge is -2.42. The molecule has 0 aromatic carbocycles. The van der Waals surface area contributed by atoms with E-state index >= 15 is 0 Å². The highest BCUT2D eigenvalue weighted by Gasteiger charge is 2.37. The molecule has 0 radical (unpaired) electrons. The molecule has 0 unspecified atom stereocenters. The first-order valence-electron chi connectivity index (χ1n) is 5.38. The standard InChI is InChI=1S/C9H18N2O2S/c10-14(12,13)11-7-3-5-8-4-1-2-6-9(8)11/h8-9H,1-7H2,(H2,10,12,13)/t8-,9+/m1/s1. The third-order valence-corrected chi connectivity index (χ3v) is 4.63. The molecule has 0 aromatic heterocycles. The summed E-state index contributed by atoms with van der Waals surface area (Å²) in [5.41, 5.74) is 0. The third-order valence-electron chi connectivity index (χ3n) is 3.52. The minimum atomic E-state index is -3.46. The number of fused-ring (bicyclic) bond motifs is 1. The van der Waals surface area contributed by atoms with Crippen molar-refractivity contribution < 1.29 is 8.42 Å². The molecule has 0 aromatic rings. The highest BCUT2D eigenvalue weighted by molar-refractivity contribution is 7.86. The molecule has 0 spiro atoms. The molecule has 0 amide bonds. The van der Waals surface area contributed by atoms with Gasteiger partial charge in [0.2, 0.25) is 0 Å². The van der Waals surface area contributed by atoms with Crippen LogP contribution in [0.3, 0.4) is 0 Å². The number of nitrogens with zero attached hydrogens (tertiary/aromatic N) is 1. The number of hydrogen-bond acceptors (Lipinski definition) is 2. The largest absolute Gasteiger partial charge is 0.277 e. The molecule has 1 saturated heterocycles. The molecule has 4 nitrogen and oxygen atoms in total. The van der Waals surface area contributed by atoms with Crippen molar-refractivity contribution in [1.29, 1.82) is 0 Å². The van der Waals surface area contributed by atoms with Crippen molar-refractivity contribution in [2.75, 3.05) is 6.54 Å². The Morgan fingerprint density at radius 2 is 1.71 bits per heavy atom. The van der Waals surface area contributed by atoms with E-state index in [0.29, 0.717) is 12.5 Å². The van der Waals surface area contributed by atoms with Gasteiger partial charge >= 0.3 is 0 Å². The normalized spacial score (nSPS) is 35.2. The molecule has 0 bridgehead atoms. The van der Waals surface area contributed by atoms with Crippen LogP contribution in [0, 0.1) is 5.92 Å². The Balaban J connectivity index is 2.17. The molecule has 14 heavy (non-hydrogen) atoms. The molecule has 2 fully saturated rings. The van der Waals surface area contributed by atoms with E-state index in [1.807, 2.05) is 0 Å². The predicted molar refractivity (Wildman–Crippen MR) is 54.8 cm³/mol. The monoisotopic (exact) mass is 218 g/mol. The molecular weight excluding hydrogens is 200 g/mol. The van der Waals surface area contributed by atoms with E-state index in [0.717, 1.165) is 19.3 Å². The van der Waals surface area contributed by atoms with E-state index in [1.165, 1.54) is 23.6 Å². The summed E-state index contributed by atoms with van der Waals surface area (Å²) < 4.78 is 24.2. The average molecular weight is 218 g/mol. The van der Waals surface area contributed by atoms with Crippen LogP contribution < -0.4 is 5.14 Å². The zero-order chi connectivity index (χ0) is 10.2. The van der Waals surface area contributed by atoms with Gasteiger partial charge in [-0.3, -0.25) is 0 Å². The van der Waals surface area contributed by atoms with Crippen LogP contribution in [0.1, 0.15) is 38.5 Å². The summed E-state index contributed by atoms with van der Waals surface area (Å²) in [6, 6.07) is 0.201. The Morgan fingerprint density at radius 3 is 2.43 bits per heavy atom. The quantitative estimate of drug-likeness (QED) is 0.709. The van der Waals surface area contributed by atoms with Crippen molar-refractivity contribution in [3.8, 4) is 0 Å². The number of nitrogens with two attached hydrogens (primary N) is 1. The van der Waals surface area contributed by atoms with Crippen molar-refractivity contribution in [3.63, 3.8) is 0 Å². The Hall–Kier alpha value is -0.130. The highest BCUT2D eigenvalue weighted by atomic mass is 32.2. The van der Waals surface area contributed by atoms with Gasteiger partial charge in [0.05, 0.1) is 0 Å². The van der Waals surface area contributed by atoms with Crippen molar-refractivity contribution in [1.82, 2.24) is 4.31 Å². The second-order valence-corrected chi connectivity index (χ2v) is 5.91. The highest BCUT2D eigenvalue weighted by Crippen LogP contribution is 2.35. The first kappa shape index (κ1) is 10.4. The van der Waals surface area contributed by atoms with Gasteiger partial charge in [-0.05, 0) is 31.6 Å². The molecule has 1 saturated carbocycles. The maximum absolute atomic E-state index is 11.3. The zero-order valence-electron chi connectivity index (χ0n) is 8.35. The van der Waals surface area contributed by atoms with Crippen LogP contribution in [0.2, 0.25) is 0 Å². The number of hydrogen-bond donors (Lipinski definition) is 1. The Kier molecular flexibility index (Phi) is 2.81. The maximum atomic E-state index is 11.3. The lowest BCUT2D eigenvalue weighted by atomic mass is 9.79. The number of piperidine rings is 1. The van der Waals surface area contributed by atoms with E-state index in [1.54, 1.807) is 0 Å². The van der Waals surface area contributed by atoms with Crippen molar-refractivity contribution in [3.05, 3.63) is 0 Å². The smallest absolute Gasteiger partial charge is 0.216 e. The van der Waals surface area contributed by atoms with Crippen LogP contribution in [0.5, 0.6) is 0 Å². The summed E-state index contributed by atoms with van der Waals surface area (Å²) in [7, 11) is -3.46. The fraction of sp³-hybridized carbons (Fsp3) is 1.00. The van der Waals surface area contributed by atoms with Crippen LogP contribution in [0.4, 0.5) is 0 Å². The lowest BCUT2D eigenvalue weighted by Crippen LogP contribution is -2.51. The molecule has 1 heterocycles. The van der Waals surface area contributed by atoms with Crippen LogP contribution in [-0.4, -0.2) is 25.3 Å². The van der Waals surface area contributed by atoms with Gasteiger partial charge in [0.15, 0.2) is 0 Å². The molecule has 1 aliphatic heterocycles. The van der Waals surface area contributed by atoms with Gasteiger partial charge in [0.25, 0.3) is 10.2 Å². The molecule has 1 aliphatic carbocycles. The summed E-state index contributed by atoms with van der Waals surface area (Å²) >= 11 is 0. The molecule has 82 valence electrons. The fourth-order valence-corrected chi connectivity index (χ4v) is 3.93. The summed E-state index contributed by atoms with van der Waals surface area (Å²) in [5.74, 6) is 0.566. The topological polar surface area (TPSA) is 63.4 Å². The SMILES string of the molecule is NS(=O)(=O)N1CCC[C@H]2CCCC[C@@H]21. The Bertz CT molecular complexity index is 300. The molecule has 2 aliphatic rings. The second kappa shape index (κ2) is 3.79. The van der Waals surface area contributed by atoms with Gasteiger partial charge in [-0.15, -0.1) is 0 Å². The van der Waals surface area contributed by atoms with Gasteiger partial charge in [-0.2, -0.15) is 12.7 Å². The Morgan fingerprint density at radius 1 is 1.07 bits per heavy atom. The lowest BCUT2D eigenvalue weighted by molar-refractivity contribution is 0.129. The molecule has 5 heteroatoms. The fourth-order valence-electron chi connectivity index (χ4n) is 2.90. The van der Waals surface area contributed by atoms with E-state index < -0.39 is 10.2 Å². The molecular formula is C9H18N2O2S. The maximum Gasteiger partial charge on any atom is 0.277 e. The van der Waals surface area contributed by atoms with Crippen LogP contribution in [0.15, 0.2) is 0 Å². The van der Waals surface area contributed by atoms with Gasteiger partial charge in [0.1, 0.15) is 0 Å². The van der Waals surface area contributed by atoms with E-state index in [-0.39, 0.29) is 6.04 Å². The molecule has 2 rings (SSSR count). The second-order valence-electron chi connectivity index (χ2n) is 4.41. The minimum absolute atomic E-state index is 0.201. The minimum Gasteiger partial charge on any atom is -0.216 e. The predicted octanol–water partition coefficient (Wildman–Crippen LogP) is 0.844. The first-order chi connectivity index (χ1) is 6.59. The van der Waals surface area contributed by atoms with Crippen molar-refractivity contribution in [2.45, 2.75) is 44.6 Å². The van der Waals surface area contributed by atoms with Crippen molar-refractivity contribution >= 4 is 10.2 Å². The summed E-state index contributed by atoms with van der Waals surface area (Å²) in [4.78, 5) is 0. The van der Waals surface area contributed by atoms with Crippen LogP contribution in [-0.2, 0) is 10.2 Å². The van der Waals surface area contributed by atoms with Gasteiger partial charge in [0, 0.05) is 12.6 Å². The summed E-state index contributed by atoms with van der Waals surface area (Å²) in [6.45, 7) is 0.625. The van der Waals surface area contributed by atoms with Crippen molar-refractivity contribution in [2.24, 2.45) is 11.1 Å². The Labute approximate surface area is 85.6 Å². The average Bonchev–Trinajstić information content (AvgIpc) is 2.15. The third kappa shape index (κ3) is 1.94.